The van der Waals surface area contributed by atoms with Gasteiger partial charge in [-0.15, -0.1) is 0 Å². The molecule has 1 atom stereocenters. The summed E-state index contributed by atoms with van der Waals surface area (Å²) in [6, 6.07) is 12.3. The van der Waals surface area contributed by atoms with Crippen molar-refractivity contribution in [2.24, 2.45) is 0 Å². The number of rotatable bonds is 10. The molecule has 1 aromatic heterocycles. The summed E-state index contributed by atoms with van der Waals surface area (Å²) in [4.78, 5) is 42.1. The number of hydrogen-bond donors (Lipinski definition) is 4. The number of H-pyrrole nitrogens is 1. The van der Waals surface area contributed by atoms with Crippen LogP contribution in [0.1, 0.15) is 33.7 Å². The number of carbonyl (C=O) groups is 3. The van der Waals surface area contributed by atoms with E-state index in [-0.39, 0.29) is 44.8 Å². The van der Waals surface area contributed by atoms with E-state index in [1.807, 2.05) is 44.4 Å². The maximum absolute atomic E-state index is 13.0. The number of amides is 3. The first-order valence-electron chi connectivity index (χ1n) is 12.8. The molecular formula is C28H31Cl2N7O3. The Labute approximate surface area is 242 Å². The number of hydrogen-bond acceptors (Lipinski definition) is 6. The van der Waals surface area contributed by atoms with Crippen LogP contribution in [0.2, 0.25) is 10.0 Å². The zero-order valence-corrected chi connectivity index (χ0v) is 23.7. The summed E-state index contributed by atoms with van der Waals surface area (Å²) in [6.45, 7) is 2.24. The molecule has 0 aliphatic carbocycles. The van der Waals surface area contributed by atoms with Gasteiger partial charge in [-0.3, -0.25) is 19.5 Å². The van der Waals surface area contributed by atoms with Crippen molar-refractivity contribution >= 4 is 58.0 Å². The zero-order valence-electron chi connectivity index (χ0n) is 22.2. The Morgan fingerprint density at radius 3 is 2.50 bits per heavy atom. The molecule has 40 heavy (non-hydrogen) atoms. The quantitative estimate of drug-likeness (QED) is 0.262. The fourth-order valence-electron chi connectivity index (χ4n) is 4.29. The predicted octanol–water partition coefficient (Wildman–Crippen LogP) is 4.42. The van der Waals surface area contributed by atoms with Gasteiger partial charge in [0.05, 0.1) is 27.5 Å². The van der Waals surface area contributed by atoms with E-state index >= 15 is 0 Å². The van der Waals surface area contributed by atoms with Gasteiger partial charge in [0.25, 0.3) is 11.8 Å². The molecule has 0 bridgehead atoms. The third kappa shape index (κ3) is 7.62. The summed E-state index contributed by atoms with van der Waals surface area (Å²) in [7, 11) is 3.98. The molecule has 1 aliphatic rings. The molecule has 10 nitrogen and oxygen atoms in total. The zero-order chi connectivity index (χ0) is 28.6. The van der Waals surface area contributed by atoms with E-state index in [0.717, 1.165) is 31.6 Å². The lowest BCUT2D eigenvalue weighted by Gasteiger charge is -2.19. The molecule has 1 saturated heterocycles. The normalized spacial score (nSPS) is 15.0. The van der Waals surface area contributed by atoms with E-state index < -0.39 is 5.91 Å². The second kappa shape index (κ2) is 13.5. The first-order valence-corrected chi connectivity index (χ1v) is 13.5. The molecule has 3 amide bonds. The molecule has 0 spiro atoms. The Hall–Kier alpha value is -3.86. The highest BCUT2D eigenvalue weighted by Gasteiger charge is 2.27. The second-order valence-electron chi connectivity index (χ2n) is 9.64. The number of aromatic amines is 1. The summed E-state index contributed by atoms with van der Waals surface area (Å²) in [5, 5.41) is 15.5. The molecule has 0 radical (unpaired) electrons. The SMILES string of the molecule is CN(C)CCC=CC(=O)Nc1ccc(N2CC[C@H](NC(=O)c3[nH]ncc3NC(=O)c3c(Cl)cccc3Cl)C2)cc1. The van der Waals surface area contributed by atoms with Crippen LogP contribution in [0, 0.1) is 0 Å². The van der Waals surface area contributed by atoms with Crippen molar-refractivity contribution in [3.8, 4) is 0 Å². The highest BCUT2D eigenvalue weighted by molar-refractivity contribution is 6.40. The summed E-state index contributed by atoms with van der Waals surface area (Å²) in [5.41, 5.74) is 2.17. The monoisotopic (exact) mass is 583 g/mol. The van der Waals surface area contributed by atoms with Crippen LogP contribution in [0.4, 0.5) is 17.1 Å². The lowest BCUT2D eigenvalue weighted by atomic mass is 10.2. The van der Waals surface area contributed by atoms with Crippen molar-refractivity contribution in [2.75, 3.05) is 49.3 Å². The molecule has 1 fully saturated rings. The topological polar surface area (TPSA) is 122 Å². The molecule has 12 heteroatoms. The van der Waals surface area contributed by atoms with Gasteiger partial charge in [0, 0.05) is 37.1 Å². The third-order valence-corrected chi connectivity index (χ3v) is 6.97. The standard InChI is InChI=1S/C28H31Cl2N7O3/c1-36(2)14-4-3-8-24(38)32-18-9-11-20(12-10-18)37-15-13-19(17-37)33-28(40)26-23(16-31-35-26)34-27(39)25-21(29)6-5-7-22(25)30/h3,5-12,16,19H,4,13-15,17H2,1-2H3,(H,31,35)(H,32,38)(H,33,40)(H,34,39)/t19-/m0/s1. The van der Waals surface area contributed by atoms with Gasteiger partial charge in [0.1, 0.15) is 5.69 Å². The number of carbonyl (C=O) groups excluding carboxylic acids is 3. The third-order valence-electron chi connectivity index (χ3n) is 6.34. The van der Waals surface area contributed by atoms with Crippen molar-refractivity contribution < 1.29 is 14.4 Å². The molecule has 4 N–H and O–H groups in total. The van der Waals surface area contributed by atoms with E-state index in [1.54, 1.807) is 24.3 Å². The fraction of sp³-hybridized carbons (Fsp3) is 0.286. The predicted molar refractivity (Wildman–Crippen MR) is 158 cm³/mol. The van der Waals surface area contributed by atoms with Crippen molar-refractivity contribution in [2.45, 2.75) is 18.9 Å². The Morgan fingerprint density at radius 1 is 1.07 bits per heavy atom. The first kappa shape index (κ1) is 29.1. The lowest BCUT2D eigenvalue weighted by molar-refractivity contribution is -0.111. The van der Waals surface area contributed by atoms with Gasteiger partial charge < -0.3 is 25.8 Å². The van der Waals surface area contributed by atoms with Crippen molar-refractivity contribution in [1.82, 2.24) is 20.4 Å². The lowest BCUT2D eigenvalue weighted by Crippen LogP contribution is -2.37. The molecule has 0 unspecified atom stereocenters. The minimum Gasteiger partial charge on any atom is -0.369 e. The smallest absolute Gasteiger partial charge is 0.271 e. The van der Waals surface area contributed by atoms with E-state index in [4.69, 9.17) is 23.2 Å². The van der Waals surface area contributed by atoms with Gasteiger partial charge in [-0.25, -0.2) is 0 Å². The largest absolute Gasteiger partial charge is 0.369 e. The van der Waals surface area contributed by atoms with Crippen LogP contribution in [0.25, 0.3) is 0 Å². The Kier molecular flexibility index (Phi) is 9.81. The van der Waals surface area contributed by atoms with E-state index in [0.29, 0.717) is 12.2 Å². The summed E-state index contributed by atoms with van der Waals surface area (Å²) < 4.78 is 0. The van der Waals surface area contributed by atoms with E-state index in [2.05, 4.69) is 35.9 Å². The van der Waals surface area contributed by atoms with Crippen molar-refractivity contribution in [3.63, 3.8) is 0 Å². The highest BCUT2D eigenvalue weighted by Crippen LogP contribution is 2.26. The van der Waals surface area contributed by atoms with Crippen LogP contribution >= 0.6 is 23.2 Å². The van der Waals surface area contributed by atoms with Crippen LogP contribution in [-0.2, 0) is 4.79 Å². The summed E-state index contributed by atoms with van der Waals surface area (Å²) >= 11 is 12.3. The Balaban J connectivity index is 1.29. The maximum atomic E-state index is 13.0. The highest BCUT2D eigenvalue weighted by atomic mass is 35.5. The van der Waals surface area contributed by atoms with Crippen molar-refractivity contribution in [1.29, 1.82) is 0 Å². The van der Waals surface area contributed by atoms with Gasteiger partial charge in [0.2, 0.25) is 5.91 Å². The molecule has 0 saturated carbocycles. The van der Waals surface area contributed by atoms with Crippen molar-refractivity contribution in [3.05, 3.63) is 82.1 Å². The van der Waals surface area contributed by atoms with E-state index in [1.165, 1.54) is 6.20 Å². The first-order chi connectivity index (χ1) is 19.2. The molecule has 2 heterocycles. The summed E-state index contributed by atoms with van der Waals surface area (Å²) in [5.74, 6) is -1.10. The minimum absolute atomic E-state index is 0.107. The van der Waals surface area contributed by atoms with Gasteiger partial charge in [0.15, 0.2) is 0 Å². The van der Waals surface area contributed by atoms with Crippen LogP contribution in [0.5, 0.6) is 0 Å². The average Bonchev–Trinajstić information content (AvgIpc) is 3.57. The van der Waals surface area contributed by atoms with Crippen LogP contribution in [0.3, 0.4) is 0 Å². The number of nitrogens with zero attached hydrogens (tertiary/aromatic N) is 3. The van der Waals surface area contributed by atoms with Gasteiger partial charge in [-0.1, -0.05) is 35.3 Å². The number of benzene rings is 2. The molecule has 2 aromatic carbocycles. The molecular weight excluding hydrogens is 553 g/mol. The Bertz CT molecular complexity index is 1370. The van der Waals surface area contributed by atoms with Crippen LogP contribution in [-0.4, -0.2) is 72.6 Å². The van der Waals surface area contributed by atoms with Gasteiger partial charge in [-0.2, -0.15) is 5.10 Å². The summed E-state index contributed by atoms with van der Waals surface area (Å²) in [6.07, 6.45) is 6.32. The molecule has 4 rings (SSSR count). The number of halogens is 2. The number of anilines is 3. The van der Waals surface area contributed by atoms with Gasteiger partial charge >= 0.3 is 0 Å². The molecule has 210 valence electrons. The average molecular weight is 585 g/mol. The number of nitrogens with one attached hydrogen (secondary N) is 4. The fourth-order valence-corrected chi connectivity index (χ4v) is 4.86. The maximum Gasteiger partial charge on any atom is 0.271 e. The van der Waals surface area contributed by atoms with Crippen LogP contribution in [0.15, 0.2) is 60.8 Å². The van der Waals surface area contributed by atoms with E-state index in [9.17, 15) is 14.4 Å². The second-order valence-corrected chi connectivity index (χ2v) is 10.5. The minimum atomic E-state index is -0.543. The Morgan fingerprint density at radius 2 is 1.80 bits per heavy atom. The van der Waals surface area contributed by atoms with Crippen LogP contribution < -0.4 is 20.9 Å². The molecule has 3 aromatic rings. The molecule has 1 aliphatic heterocycles. The number of aromatic nitrogens is 2. The van der Waals surface area contributed by atoms with Gasteiger partial charge in [-0.05, 0) is 69.4 Å².